The fraction of sp³-hybridized carbons (Fsp3) is 0.714. The summed E-state index contributed by atoms with van der Waals surface area (Å²) in [4.78, 5) is 8.74. The molecule has 2 N–H and O–H groups in total. The van der Waals surface area contributed by atoms with Gasteiger partial charge in [0, 0.05) is 24.1 Å². The lowest BCUT2D eigenvalue weighted by molar-refractivity contribution is 0.476. The van der Waals surface area contributed by atoms with Crippen LogP contribution in [0.2, 0.25) is 0 Å². The van der Waals surface area contributed by atoms with Crippen LogP contribution in [0.4, 0.5) is 5.82 Å². The topological polar surface area (TPSA) is 49.8 Å². The van der Waals surface area contributed by atoms with Crippen molar-refractivity contribution in [2.75, 3.05) is 18.4 Å². The second-order valence-electron chi connectivity index (χ2n) is 5.71. The van der Waals surface area contributed by atoms with E-state index in [1.165, 1.54) is 12.8 Å². The molecule has 0 aromatic carbocycles. The van der Waals surface area contributed by atoms with E-state index in [2.05, 4.69) is 47.4 Å². The van der Waals surface area contributed by atoms with E-state index in [4.69, 9.17) is 0 Å². The first-order valence-corrected chi connectivity index (χ1v) is 6.91. The van der Waals surface area contributed by atoms with Crippen LogP contribution in [-0.4, -0.2) is 29.1 Å². The number of rotatable bonds is 4. The van der Waals surface area contributed by atoms with Crippen molar-refractivity contribution in [3.05, 3.63) is 18.1 Å². The predicted octanol–water partition coefficient (Wildman–Crippen LogP) is 2.33. The first kappa shape index (κ1) is 13.3. The first-order valence-electron chi connectivity index (χ1n) is 6.91. The van der Waals surface area contributed by atoms with Gasteiger partial charge in [0.15, 0.2) is 0 Å². The van der Waals surface area contributed by atoms with Crippen LogP contribution in [0.5, 0.6) is 0 Å². The molecule has 1 saturated heterocycles. The highest BCUT2D eigenvalue weighted by Gasteiger charge is 2.21. The Morgan fingerprint density at radius 3 is 2.94 bits per heavy atom. The van der Waals surface area contributed by atoms with Crippen LogP contribution in [0.1, 0.15) is 45.7 Å². The van der Waals surface area contributed by atoms with Crippen molar-refractivity contribution in [2.45, 2.75) is 51.5 Å². The molecule has 2 rings (SSSR count). The maximum Gasteiger partial charge on any atom is 0.129 e. The van der Waals surface area contributed by atoms with Crippen LogP contribution in [0.3, 0.4) is 0 Å². The van der Waals surface area contributed by atoms with E-state index in [0.717, 1.165) is 31.0 Å². The number of hydrogen-bond donors (Lipinski definition) is 2. The van der Waals surface area contributed by atoms with Gasteiger partial charge in [0.25, 0.3) is 0 Å². The number of aromatic nitrogens is 2. The standard InChI is InChI=1S/C14H24N4/c1-4-14(2,3)12-8-13(17-10-16-12)18-11-6-5-7-15-9-11/h8,10-11,15H,4-7,9H2,1-3H3,(H,16,17,18). The van der Waals surface area contributed by atoms with Gasteiger partial charge in [0.05, 0.1) is 5.69 Å². The highest BCUT2D eigenvalue weighted by atomic mass is 15.1. The quantitative estimate of drug-likeness (QED) is 0.858. The third-order valence-electron chi connectivity index (χ3n) is 3.89. The van der Waals surface area contributed by atoms with Crippen molar-refractivity contribution < 1.29 is 0 Å². The minimum absolute atomic E-state index is 0.115. The van der Waals surface area contributed by atoms with Crippen LogP contribution >= 0.6 is 0 Å². The van der Waals surface area contributed by atoms with E-state index in [9.17, 15) is 0 Å². The molecular weight excluding hydrogens is 224 g/mol. The van der Waals surface area contributed by atoms with E-state index >= 15 is 0 Å². The van der Waals surface area contributed by atoms with Gasteiger partial charge in [-0.1, -0.05) is 20.8 Å². The predicted molar refractivity (Wildman–Crippen MR) is 74.9 cm³/mol. The summed E-state index contributed by atoms with van der Waals surface area (Å²) in [5.74, 6) is 0.954. The van der Waals surface area contributed by atoms with Crippen molar-refractivity contribution in [1.82, 2.24) is 15.3 Å². The van der Waals surface area contributed by atoms with E-state index in [1.807, 2.05) is 0 Å². The van der Waals surface area contributed by atoms with Crippen molar-refractivity contribution >= 4 is 5.82 Å². The Labute approximate surface area is 110 Å². The van der Waals surface area contributed by atoms with Gasteiger partial charge in [0.1, 0.15) is 12.1 Å². The fourth-order valence-electron chi connectivity index (χ4n) is 2.17. The fourth-order valence-corrected chi connectivity index (χ4v) is 2.17. The Morgan fingerprint density at radius 2 is 2.28 bits per heavy atom. The van der Waals surface area contributed by atoms with Crippen molar-refractivity contribution in [1.29, 1.82) is 0 Å². The second kappa shape index (κ2) is 5.65. The summed E-state index contributed by atoms with van der Waals surface area (Å²) in [6.07, 6.45) is 5.19. The number of piperidine rings is 1. The highest BCUT2D eigenvalue weighted by Crippen LogP contribution is 2.25. The minimum Gasteiger partial charge on any atom is -0.366 e. The summed E-state index contributed by atoms with van der Waals surface area (Å²) in [5.41, 5.74) is 1.23. The molecule has 4 heteroatoms. The second-order valence-corrected chi connectivity index (χ2v) is 5.71. The largest absolute Gasteiger partial charge is 0.366 e. The Balaban J connectivity index is 2.07. The molecule has 0 spiro atoms. The molecule has 0 bridgehead atoms. The van der Waals surface area contributed by atoms with Gasteiger partial charge < -0.3 is 10.6 Å². The Bertz CT molecular complexity index is 383. The summed E-state index contributed by atoms with van der Waals surface area (Å²) >= 11 is 0. The lowest BCUT2D eigenvalue weighted by Gasteiger charge is -2.26. The maximum absolute atomic E-state index is 4.41. The summed E-state index contributed by atoms with van der Waals surface area (Å²) in [5, 5.41) is 6.91. The summed E-state index contributed by atoms with van der Waals surface area (Å²) in [6, 6.07) is 2.59. The average molecular weight is 248 g/mol. The summed E-state index contributed by atoms with van der Waals surface area (Å²) < 4.78 is 0. The number of nitrogens with one attached hydrogen (secondary N) is 2. The molecule has 0 radical (unpaired) electrons. The third kappa shape index (κ3) is 3.19. The number of nitrogens with zero attached hydrogens (tertiary/aromatic N) is 2. The Kier molecular flexibility index (Phi) is 4.17. The van der Waals surface area contributed by atoms with Gasteiger partial charge in [-0.15, -0.1) is 0 Å². The lowest BCUT2D eigenvalue weighted by atomic mass is 9.86. The molecule has 1 aliphatic heterocycles. The molecule has 1 atom stereocenters. The summed E-state index contributed by atoms with van der Waals surface area (Å²) in [7, 11) is 0. The molecule has 1 aromatic heterocycles. The lowest BCUT2D eigenvalue weighted by Crippen LogP contribution is -2.38. The zero-order valence-electron chi connectivity index (χ0n) is 11.7. The Hall–Kier alpha value is -1.16. The highest BCUT2D eigenvalue weighted by molar-refractivity contribution is 5.38. The van der Waals surface area contributed by atoms with Crippen LogP contribution in [0, 0.1) is 0 Å². The zero-order chi connectivity index (χ0) is 13.0. The number of anilines is 1. The average Bonchev–Trinajstić information content (AvgIpc) is 2.40. The zero-order valence-corrected chi connectivity index (χ0v) is 11.7. The third-order valence-corrected chi connectivity index (χ3v) is 3.89. The van der Waals surface area contributed by atoms with E-state index < -0.39 is 0 Å². The van der Waals surface area contributed by atoms with Gasteiger partial charge >= 0.3 is 0 Å². The van der Waals surface area contributed by atoms with Crippen LogP contribution < -0.4 is 10.6 Å². The monoisotopic (exact) mass is 248 g/mol. The maximum atomic E-state index is 4.41. The van der Waals surface area contributed by atoms with Crippen LogP contribution in [-0.2, 0) is 5.41 Å². The van der Waals surface area contributed by atoms with E-state index in [-0.39, 0.29) is 5.41 Å². The number of hydrogen-bond acceptors (Lipinski definition) is 4. The minimum atomic E-state index is 0.115. The van der Waals surface area contributed by atoms with E-state index in [1.54, 1.807) is 6.33 Å². The molecule has 0 saturated carbocycles. The SMILES string of the molecule is CCC(C)(C)c1cc(NC2CCCNC2)ncn1. The molecule has 1 fully saturated rings. The molecule has 100 valence electrons. The van der Waals surface area contributed by atoms with Crippen LogP contribution in [0.25, 0.3) is 0 Å². The molecule has 0 aliphatic carbocycles. The molecule has 2 heterocycles. The smallest absolute Gasteiger partial charge is 0.129 e. The molecule has 4 nitrogen and oxygen atoms in total. The molecule has 18 heavy (non-hydrogen) atoms. The van der Waals surface area contributed by atoms with Gasteiger partial charge in [-0.25, -0.2) is 9.97 Å². The van der Waals surface area contributed by atoms with Crippen molar-refractivity contribution in [2.24, 2.45) is 0 Å². The molecule has 0 amide bonds. The van der Waals surface area contributed by atoms with Crippen molar-refractivity contribution in [3.8, 4) is 0 Å². The summed E-state index contributed by atoms with van der Waals surface area (Å²) in [6.45, 7) is 8.80. The molecule has 1 aromatic rings. The van der Waals surface area contributed by atoms with Gasteiger partial charge in [-0.3, -0.25) is 0 Å². The van der Waals surface area contributed by atoms with Crippen LogP contribution in [0.15, 0.2) is 12.4 Å². The molecule has 1 aliphatic rings. The molecule has 1 unspecified atom stereocenters. The van der Waals surface area contributed by atoms with E-state index in [0.29, 0.717) is 6.04 Å². The first-order chi connectivity index (χ1) is 8.62. The normalized spacial score (nSPS) is 20.7. The Morgan fingerprint density at radius 1 is 1.44 bits per heavy atom. The van der Waals surface area contributed by atoms with Gasteiger partial charge in [-0.2, -0.15) is 0 Å². The van der Waals surface area contributed by atoms with Crippen molar-refractivity contribution in [3.63, 3.8) is 0 Å². The van der Waals surface area contributed by atoms with Gasteiger partial charge in [0.2, 0.25) is 0 Å². The van der Waals surface area contributed by atoms with Gasteiger partial charge in [-0.05, 0) is 25.8 Å². The molecular formula is C14H24N4.